The molecule has 2 aromatic carbocycles. The first-order valence-electron chi connectivity index (χ1n) is 9.11. The van der Waals surface area contributed by atoms with Crippen molar-refractivity contribution in [2.24, 2.45) is 0 Å². The van der Waals surface area contributed by atoms with E-state index in [9.17, 15) is 9.18 Å². The van der Waals surface area contributed by atoms with Gasteiger partial charge in [0.1, 0.15) is 5.82 Å². The zero-order chi connectivity index (χ0) is 20.4. The SMILES string of the molecule is Cc1cc(Cl)cc2sc(N(CCCn3ccnc3)C(=O)c3ccc(F)cc3)nc12. The third-order valence-electron chi connectivity index (χ3n) is 4.56. The van der Waals surface area contributed by atoms with E-state index in [4.69, 9.17) is 16.6 Å². The molecule has 0 aliphatic rings. The number of imidazole rings is 1. The lowest BCUT2D eigenvalue weighted by atomic mass is 10.2. The van der Waals surface area contributed by atoms with Crippen molar-refractivity contribution in [3.63, 3.8) is 0 Å². The lowest BCUT2D eigenvalue weighted by Gasteiger charge is -2.20. The second-order valence-corrected chi connectivity index (χ2v) is 8.13. The van der Waals surface area contributed by atoms with E-state index in [-0.39, 0.29) is 11.7 Å². The van der Waals surface area contributed by atoms with Crippen LogP contribution in [0, 0.1) is 12.7 Å². The zero-order valence-corrected chi connectivity index (χ0v) is 17.3. The number of amides is 1. The molecule has 29 heavy (non-hydrogen) atoms. The topological polar surface area (TPSA) is 51.0 Å². The number of thiazole rings is 1. The van der Waals surface area contributed by atoms with Gasteiger partial charge < -0.3 is 4.57 Å². The van der Waals surface area contributed by atoms with Gasteiger partial charge in [-0.2, -0.15) is 0 Å². The highest BCUT2D eigenvalue weighted by atomic mass is 35.5. The van der Waals surface area contributed by atoms with Crippen LogP contribution in [-0.4, -0.2) is 27.0 Å². The van der Waals surface area contributed by atoms with Gasteiger partial charge in [0, 0.05) is 36.1 Å². The second-order valence-electron chi connectivity index (χ2n) is 6.68. The van der Waals surface area contributed by atoms with Gasteiger partial charge >= 0.3 is 0 Å². The number of hydrogen-bond acceptors (Lipinski definition) is 4. The van der Waals surface area contributed by atoms with Gasteiger partial charge in [-0.25, -0.2) is 14.4 Å². The zero-order valence-electron chi connectivity index (χ0n) is 15.7. The van der Waals surface area contributed by atoms with Gasteiger partial charge in [0.15, 0.2) is 5.13 Å². The smallest absolute Gasteiger partial charge is 0.260 e. The monoisotopic (exact) mass is 428 g/mol. The van der Waals surface area contributed by atoms with Crippen LogP contribution in [-0.2, 0) is 6.54 Å². The van der Waals surface area contributed by atoms with Gasteiger partial charge in [-0.05, 0) is 55.3 Å². The van der Waals surface area contributed by atoms with Crippen molar-refractivity contribution < 1.29 is 9.18 Å². The molecule has 0 N–H and O–H groups in total. The minimum atomic E-state index is -0.376. The fraction of sp³-hybridized carbons (Fsp3) is 0.190. The molecule has 0 bridgehead atoms. The van der Waals surface area contributed by atoms with Crippen LogP contribution in [0.15, 0.2) is 55.1 Å². The molecule has 1 amide bonds. The molecule has 0 unspecified atom stereocenters. The molecule has 148 valence electrons. The van der Waals surface area contributed by atoms with Crippen LogP contribution in [0.1, 0.15) is 22.3 Å². The maximum atomic E-state index is 13.3. The van der Waals surface area contributed by atoms with Crippen LogP contribution >= 0.6 is 22.9 Å². The molecule has 8 heteroatoms. The Hall–Kier alpha value is -2.77. The summed E-state index contributed by atoms with van der Waals surface area (Å²) in [6, 6.07) is 9.29. The predicted molar refractivity (Wildman–Crippen MR) is 114 cm³/mol. The number of nitrogens with zero attached hydrogens (tertiary/aromatic N) is 4. The molecule has 0 aliphatic carbocycles. The number of benzene rings is 2. The number of aryl methyl sites for hydroxylation is 2. The number of halogens is 2. The lowest BCUT2D eigenvalue weighted by molar-refractivity contribution is 0.0986. The summed E-state index contributed by atoms with van der Waals surface area (Å²) in [4.78, 5) is 23.6. The molecular formula is C21H18ClFN4OS. The van der Waals surface area contributed by atoms with Crippen LogP contribution in [0.2, 0.25) is 5.02 Å². The number of anilines is 1. The van der Waals surface area contributed by atoms with Gasteiger partial charge in [-0.15, -0.1) is 0 Å². The van der Waals surface area contributed by atoms with E-state index < -0.39 is 0 Å². The quantitative estimate of drug-likeness (QED) is 0.417. The lowest BCUT2D eigenvalue weighted by Crippen LogP contribution is -2.32. The summed E-state index contributed by atoms with van der Waals surface area (Å²) in [6.45, 7) is 3.15. The normalized spacial score (nSPS) is 11.1. The first-order valence-corrected chi connectivity index (χ1v) is 10.3. The van der Waals surface area contributed by atoms with Gasteiger partial charge in [-0.1, -0.05) is 22.9 Å². The van der Waals surface area contributed by atoms with Crippen LogP contribution < -0.4 is 4.90 Å². The molecular weight excluding hydrogens is 411 g/mol. The maximum absolute atomic E-state index is 13.3. The molecule has 4 aromatic rings. The Bertz CT molecular complexity index is 1140. The first kappa shape index (κ1) is 19.5. The van der Waals surface area contributed by atoms with E-state index in [2.05, 4.69) is 4.98 Å². The molecule has 4 rings (SSSR count). The summed E-state index contributed by atoms with van der Waals surface area (Å²) in [7, 11) is 0. The standard InChI is InChI=1S/C21H18ClFN4OS/c1-14-11-16(22)12-18-19(14)25-21(29-18)27(9-2-8-26-10-7-24-13-26)20(28)15-3-5-17(23)6-4-15/h3-7,10-13H,2,8-9H2,1H3. The summed E-state index contributed by atoms with van der Waals surface area (Å²) in [5.41, 5.74) is 2.21. The number of carbonyl (C=O) groups excluding carboxylic acids is 1. The van der Waals surface area contributed by atoms with E-state index in [1.54, 1.807) is 17.4 Å². The van der Waals surface area contributed by atoms with Gasteiger partial charge in [0.25, 0.3) is 5.91 Å². The predicted octanol–water partition coefficient (Wildman–Crippen LogP) is 5.33. The Morgan fingerprint density at radius 1 is 1.28 bits per heavy atom. The van der Waals surface area contributed by atoms with Gasteiger partial charge in [0.2, 0.25) is 0 Å². The molecule has 0 saturated heterocycles. The summed E-state index contributed by atoms with van der Waals surface area (Å²) in [5, 5.41) is 1.24. The number of hydrogen-bond donors (Lipinski definition) is 0. The van der Waals surface area contributed by atoms with Crippen LogP contribution in [0.3, 0.4) is 0 Å². The Kier molecular flexibility index (Phi) is 5.60. The maximum Gasteiger partial charge on any atom is 0.260 e. The average Bonchev–Trinajstić information content (AvgIpc) is 3.35. The summed E-state index contributed by atoms with van der Waals surface area (Å²) >= 11 is 7.60. The summed E-state index contributed by atoms with van der Waals surface area (Å²) in [5.74, 6) is -0.586. The minimum Gasteiger partial charge on any atom is -0.337 e. The third-order valence-corrected chi connectivity index (χ3v) is 5.81. The number of fused-ring (bicyclic) bond motifs is 1. The molecule has 0 aliphatic heterocycles. The van der Waals surface area contributed by atoms with Crippen molar-refractivity contribution in [3.8, 4) is 0 Å². The van der Waals surface area contributed by atoms with Gasteiger partial charge in [0.05, 0.1) is 16.5 Å². The number of rotatable bonds is 6. The Labute approximate surface area is 176 Å². The van der Waals surface area contributed by atoms with E-state index >= 15 is 0 Å². The van der Waals surface area contributed by atoms with E-state index in [1.165, 1.54) is 35.6 Å². The second kappa shape index (κ2) is 8.31. The average molecular weight is 429 g/mol. The molecule has 0 spiro atoms. The van der Waals surface area contributed by atoms with Crippen molar-refractivity contribution in [1.29, 1.82) is 0 Å². The number of carbonyl (C=O) groups is 1. The van der Waals surface area contributed by atoms with Crippen molar-refractivity contribution >= 4 is 44.2 Å². The van der Waals surface area contributed by atoms with Crippen molar-refractivity contribution in [1.82, 2.24) is 14.5 Å². The van der Waals surface area contributed by atoms with Crippen molar-refractivity contribution in [2.75, 3.05) is 11.4 Å². The van der Waals surface area contributed by atoms with E-state index in [0.717, 1.165) is 28.7 Å². The summed E-state index contributed by atoms with van der Waals surface area (Å²) < 4.78 is 16.2. The Morgan fingerprint density at radius 2 is 2.07 bits per heavy atom. The largest absolute Gasteiger partial charge is 0.337 e. The molecule has 2 heterocycles. The summed E-state index contributed by atoms with van der Waals surface area (Å²) in [6.07, 6.45) is 6.07. The highest BCUT2D eigenvalue weighted by Crippen LogP contribution is 2.33. The molecule has 0 fully saturated rings. The molecule has 0 radical (unpaired) electrons. The highest BCUT2D eigenvalue weighted by Gasteiger charge is 2.22. The highest BCUT2D eigenvalue weighted by molar-refractivity contribution is 7.22. The third kappa shape index (κ3) is 4.31. The molecule has 5 nitrogen and oxygen atoms in total. The first-order chi connectivity index (χ1) is 14.0. The Morgan fingerprint density at radius 3 is 2.79 bits per heavy atom. The fourth-order valence-corrected chi connectivity index (χ4v) is 4.57. The van der Waals surface area contributed by atoms with Crippen LogP contribution in [0.4, 0.5) is 9.52 Å². The van der Waals surface area contributed by atoms with Gasteiger partial charge in [-0.3, -0.25) is 9.69 Å². The fourth-order valence-electron chi connectivity index (χ4n) is 3.12. The molecule has 2 aromatic heterocycles. The van der Waals surface area contributed by atoms with Crippen molar-refractivity contribution in [2.45, 2.75) is 19.9 Å². The van der Waals surface area contributed by atoms with E-state index in [1.807, 2.05) is 29.8 Å². The minimum absolute atomic E-state index is 0.210. The van der Waals surface area contributed by atoms with E-state index in [0.29, 0.717) is 22.3 Å². The van der Waals surface area contributed by atoms with Crippen LogP contribution in [0.25, 0.3) is 10.2 Å². The van der Waals surface area contributed by atoms with Crippen LogP contribution in [0.5, 0.6) is 0 Å². The van der Waals surface area contributed by atoms with Crippen molar-refractivity contribution in [3.05, 3.63) is 77.1 Å². The molecule has 0 saturated carbocycles. The molecule has 0 atom stereocenters. The number of aromatic nitrogens is 3. The Balaban J connectivity index is 1.66.